The fourth-order valence-corrected chi connectivity index (χ4v) is 2.04. The maximum atomic E-state index is 11.8. The smallest absolute Gasteiger partial charge is 0.315 e. The molecule has 0 saturated carbocycles. The molecule has 1 unspecified atom stereocenters. The average molecular weight is 246 g/mol. The Morgan fingerprint density at radius 1 is 1.28 bits per heavy atom. The van der Waals surface area contributed by atoms with E-state index in [-0.39, 0.29) is 24.7 Å². The Morgan fingerprint density at radius 3 is 2.56 bits per heavy atom. The number of urea groups is 1. The number of aliphatic hydroxyl groups excluding tert-OH is 1. The van der Waals surface area contributed by atoms with Crippen LogP contribution in [-0.4, -0.2) is 23.8 Å². The van der Waals surface area contributed by atoms with Crippen LogP contribution in [0, 0.1) is 0 Å². The van der Waals surface area contributed by atoms with Gasteiger partial charge in [-0.1, -0.05) is 42.5 Å². The highest BCUT2D eigenvalue weighted by Crippen LogP contribution is 2.12. The molecule has 2 rings (SSSR count). The summed E-state index contributed by atoms with van der Waals surface area (Å²) in [6.45, 7) is -0.111. The van der Waals surface area contributed by atoms with Gasteiger partial charge in [-0.3, -0.25) is 0 Å². The second-order valence-electron chi connectivity index (χ2n) is 4.40. The Hall–Kier alpha value is -1.81. The number of benzene rings is 1. The predicted octanol–water partition coefficient (Wildman–Crippen LogP) is 1.74. The summed E-state index contributed by atoms with van der Waals surface area (Å²) in [6, 6.07) is 9.04. The second kappa shape index (κ2) is 6.21. The molecular formula is C14H18N2O2. The molecule has 0 fully saturated rings. The third-order valence-electron chi connectivity index (χ3n) is 3.03. The second-order valence-corrected chi connectivity index (χ2v) is 4.40. The van der Waals surface area contributed by atoms with Crippen LogP contribution >= 0.6 is 0 Å². The predicted molar refractivity (Wildman–Crippen MR) is 70.1 cm³/mol. The van der Waals surface area contributed by atoms with Crippen LogP contribution in [0.2, 0.25) is 0 Å². The highest BCUT2D eigenvalue weighted by Gasteiger charge is 2.17. The third-order valence-corrected chi connectivity index (χ3v) is 3.03. The Balaban J connectivity index is 1.88. The van der Waals surface area contributed by atoms with Gasteiger partial charge in [0.05, 0.1) is 12.6 Å². The lowest BCUT2D eigenvalue weighted by Crippen LogP contribution is -2.43. The highest BCUT2D eigenvalue weighted by atomic mass is 16.3. The SMILES string of the molecule is O=C(NC1CC=CC1)NC(CO)c1ccccc1. The van der Waals surface area contributed by atoms with Gasteiger partial charge in [0.1, 0.15) is 0 Å². The van der Waals surface area contributed by atoms with Crippen LogP contribution < -0.4 is 10.6 Å². The molecule has 0 heterocycles. The van der Waals surface area contributed by atoms with Crippen molar-refractivity contribution < 1.29 is 9.90 Å². The van der Waals surface area contributed by atoms with E-state index in [1.165, 1.54) is 0 Å². The monoisotopic (exact) mass is 246 g/mol. The van der Waals surface area contributed by atoms with Crippen LogP contribution in [-0.2, 0) is 0 Å². The Labute approximate surface area is 107 Å². The number of hydrogen-bond donors (Lipinski definition) is 3. The van der Waals surface area contributed by atoms with Crippen LogP contribution in [0.25, 0.3) is 0 Å². The summed E-state index contributed by atoms with van der Waals surface area (Å²) in [6.07, 6.45) is 5.88. The summed E-state index contributed by atoms with van der Waals surface area (Å²) in [4.78, 5) is 11.8. The summed E-state index contributed by atoms with van der Waals surface area (Å²) in [5.41, 5.74) is 0.902. The van der Waals surface area contributed by atoms with Crippen molar-refractivity contribution in [3.8, 4) is 0 Å². The molecule has 0 spiro atoms. The zero-order chi connectivity index (χ0) is 12.8. The van der Waals surface area contributed by atoms with E-state index in [0.717, 1.165) is 18.4 Å². The van der Waals surface area contributed by atoms with Gasteiger partial charge >= 0.3 is 6.03 Å². The molecule has 0 aromatic heterocycles. The molecule has 0 saturated heterocycles. The minimum atomic E-state index is -0.361. The Morgan fingerprint density at radius 2 is 1.94 bits per heavy atom. The lowest BCUT2D eigenvalue weighted by molar-refractivity contribution is 0.214. The van der Waals surface area contributed by atoms with E-state index >= 15 is 0 Å². The molecule has 18 heavy (non-hydrogen) atoms. The largest absolute Gasteiger partial charge is 0.394 e. The van der Waals surface area contributed by atoms with Gasteiger partial charge in [0.25, 0.3) is 0 Å². The van der Waals surface area contributed by atoms with Crippen LogP contribution in [0.1, 0.15) is 24.4 Å². The fraction of sp³-hybridized carbons (Fsp3) is 0.357. The number of amides is 2. The van der Waals surface area contributed by atoms with Gasteiger partial charge in [0.2, 0.25) is 0 Å². The molecule has 1 aliphatic rings. The van der Waals surface area contributed by atoms with Crippen molar-refractivity contribution in [2.75, 3.05) is 6.61 Å². The van der Waals surface area contributed by atoms with E-state index in [9.17, 15) is 9.90 Å². The van der Waals surface area contributed by atoms with Crippen molar-refractivity contribution in [3.05, 3.63) is 48.0 Å². The first-order valence-electron chi connectivity index (χ1n) is 6.17. The van der Waals surface area contributed by atoms with Gasteiger partial charge in [0, 0.05) is 6.04 Å². The maximum absolute atomic E-state index is 11.8. The van der Waals surface area contributed by atoms with Gasteiger partial charge in [-0.15, -0.1) is 0 Å². The number of rotatable bonds is 4. The molecule has 2 amide bonds. The molecule has 0 bridgehead atoms. The van der Waals surface area contributed by atoms with Crippen molar-refractivity contribution in [2.45, 2.75) is 24.9 Å². The third kappa shape index (κ3) is 3.34. The van der Waals surface area contributed by atoms with Crippen LogP contribution in [0.5, 0.6) is 0 Å². The average Bonchev–Trinajstić information content (AvgIpc) is 2.90. The molecule has 1 aromatic rings. The zero-order valence-corrected chi connectivity index (χ0v) is 10.2. The van der Waals surface area contributed by atoms with Crippen molar-refractivity contribution in [2.24, 2.45) is 0 Å². The molecule has 0 aliphatic heterocycles. The van der Waals surface area contributed by atoms with Crippen LogP contribution in [0.4, 0.5) is 4.79 Å². The van der Waals surface area contributed by atoms with Crippen molar-refractivity contribution in [1.82, 2.24) is 10.6 Å². The number of nitrogens with one attached hydrogen (secondary N) is 2. The molecule has 4 nitrogen and oxygen atoms in total. The van der Waals surface area contributed by atoms with Crippen molar-refractivity contribution in [3.63, 3.8) is 0 Å². The van der Waals surface area contributed by atoms with E-state index in [4.69, 9.17) is 0 Å². The van der Waals surface area contributed by atoms with E-state index in [0.29, 0.717) is 0 Å². The van der Waals surface area contributed by atoms with E-state index < -0.39 is 0 Å². The first-order chi connectivity index (χ1) is 8.79. The molecule has 4 heteroatoms. The molecule has 1 aliphatic carbocycles. The first kappa shape index (κ1) is 12.6. The topological polar surface area (TPSA) is 61.4 Å². The molecule has 1 aromatic carbocycles. The van der Waals surface area contributed by atoms with Crippen molar-refractivity contribution in [1.29, 1.82) is 0 Å². The normalized spacial score (nSPS) is 16.5. The van der Waals surface area contributed by atoms with Gasteiger partial charge in [-0.05, 0) is 18.4 Å². The molecule has 1 atom stereocenters. The summed E-state index contributed by atoms with van der Waals surface area (Å²) < 4.78 is 0. The van der Waals surface area contributed by atoms with E-state index in [1.807, 2.05) is 30.3 Å². The number of hydrogen-bond acceptors (Lipinski definition) is 2. The van der Waals surface area contributed by atoms with Gasteiger partial charge in [0.15, 0.2) is 0 Å². The zero-order valence-electron chi connectivity index (χ0n) is 10.2. The Bertz CT molecular complexity index is 409. The number of carbonyl (C=O) groups is 1. The minimum Gasteiger partial charge on any atom is -0.394 e. The quantitative estimate of drug-likeness (QED) is 0.709. The van der Waals surface area contributed by atoms with Gasteiger partial charge < -0.3 is 15.7 Å². The van der Waals surface area contributed by atoms with Crippen LogP contribution in [0.3, 0.4) is 0 Å². The highest BCUT2D eigenvalue weighted by molar-refractivity contribution is 5.75. The lowest BCUT2D eigenvalue weighted by Gasteiger charge is -2.19. The minimum absolute atomic E-state index is 0.111. The summed E-state index contributed by atoms with van der Waals surface area (Å²) >= 11 is 0. The van der Waals surface area contributed by atoms with Gasteiger partial charge in [-0.2, -0.15) is 0 Å². The van der Waals surface area contributed by atoms with E-state index in [2.05, 4.69) is 22.8 Å². The maximum Gasteiger partial charge on any atom is 0.315 e. The first-order valence-corrected chi connectivity index (χ1v) is 6.17. The fourth-order valence-electron chi connectivity index (χ4n) is 2.04. The summed E-state index contributed by atoms with van der Waals surface area (Å²) in [7, 11) is 0. The molecular weight excluding hydrogens is 228 g/mol. The number of aliphatic hydroxyl groups is 1. The molecule has 3 N–H and O–H groups in total. The van der Waals surface area contributed by atoms with Crippen LogP contribution in [0.15, 0.2) is 42.5 Å². The number of carbonyl (C=O) groups excluding carboxylic acids is 1. The van der Waals surface area contributed by atoms with Gasteiger partial charge in [-0.25, -0.2) is 4.79 Å². The lowest BCUT2D eigenvalue weighted by atomic mass is 10.1. The molecule has 0 radical (unpaired) electrons. The van der Waals surface area contributed by atoms with Crippen molar-refractivity contribution >= 4 is 6.03 Å². The summed E-state index contributed by atoms with van der Waals surface area (Å²) in [5, 5.41) is 15.0. The summed E-state index contributed by atoms with van der Waals surface area (Å²) in [5.74, 6) is 0. The standard InChI is InChI=1S/C14H18N2O2/c17-10-13(11-6-2-1-3-7-11)16-14(18)15-12-8-4-5-9-12/h1-7,12-13,17H,8-10H2,(H2,15,16,18). The Kier molecular flexibility index (Phi) is 4.36. The molecule has 96 valence electrons. The van der Waals surface area contributed by atoms with E-state index in [1.54, 1.807) is 0 Å².